The molecule has 0 aromatic heterocycles. The number of alkyl halides is 10. The van der Waals surface area contributed by atoms with Crippen LogP contribution in [0.3, 0.4) is 0 Å². The van der Waals surface area contributed by atoms with Crippen LogP contribution in [0.25, 0.3) is 0 Å². The summed E-state index contributed by atoms with van der Waals surface area (Å²) in [6.07, 6.45) is -15.6. The van der Waals surface area contributed by atoms with E-state index in [0.717, 1.165) is 12.1 Å². The molecule has 12 heteroatoms. The molecule has 0 radical (unpaired) electrons. The normalized spacial score (nSPS) is 13.6. The number of hydrogen-bond donors (Lipinski definition) is 2. The van der Waals surface area contributed by atoms with Gasteiger partial charge in [0.2, 0.25) is 0 Å². The Balaban J connectivity index is 2.47. The van der Waals surface area contributed by atoms with Gasteiger partial charge in [-0.25, -0.2) is 17.6 Å². The zero-order chi connectivity index (χ0) is 24.7. The van der Waals surface area contributed by atoms with E-state index >= 15 is 0 Å². The van der Waals surface area contributed by atoms with Gasteiger partial charge in [0.05, 0.1) is 11.1 Å². The Morgan fingerprint density at radius 2 is 0.938 bits per heavy atom. The van der Waals surface area contributed by atoms with Gasteiger partial charge in [-0.05, 0) is 35.4 Å². The van der Waals surface area contributed by atoms with E-state index < -0.39 is 65.6 Å². The smallest absolute Gasteiger partial charge is 0.395 e. The maximum Gasteiger partial charge on any atom is 0.395 e. The van der Waals surface area contributed by atoms with Crippen molar-refractivity contribution < 1.29 is 54.1 Å². The molecule has 32 heavy (non-hydrogen) atoms. The third kappa shape index (κ3) is 6.19. The molecule has 0 heterocycles. The highest BCUT2D eigenvalue weighted by Crippen LogP contribution is 2.46. The monoisotopic (exact) mass is 478 g/mol. The Morgan fingerprint density at radius 1 is 0.625 bits per heavy atom. The lowest BCUT2D eigenvalue weighted by atomic mass is 9.88. The Morgan fingerprint density at radius 3 is 1.22 bits per heavy atom. The Labute approximate surface area is 175 Å². The van der Waals surface area contributed by atoms with E-state index in [2.05, 4.69) is 0 Å². The molecule has 2 aromatic rings. The molecule has 0 amide bonds. The van der Waals surface area contributed by atoms with Gasteiger partial charge in [0.15, 0.2) is 0 Å². The molecule has 0 aliphatic heterocycles. The summed E-state index contributed by atoms with van der Waals surface area (Å²) < 4.78 is 131. The van der Waals surface area contributed by atoms with Crippen molar-refractivity contribution in [2.24, 2.45) is 0 Å². The van der Waals surface area contributed by atoms with Crippen LogP contribution < -0.4 is 0 Å². The summed E-state index contributed by atoms with van der Waals surface area (Å²) in [5.74, 6) is -12.3. The second-order valence-electron chi connectivity index (χ2n) is 7.27. The molecule has 0 saturated heterocycles. The summed E-state index contributed by atoms with van der Waals surface area (Å²) in [7, 11) is 0. The predicted molar refractivity (Wildman–Crippen MR) is 92.9 cm³/mol. The minimum Gasteiger partial charge on any atom is -0.507 e. The van der Waals surface area contributed by atoms with Crippen molar-refractivity contribution in [2.75, 3.05) is 0 Å². The number of rotatable bonds is 6. The van der Waals surface area contributed by atoms with Crippen LogP contribution in [0.2, 0.25) is 0 Å². The minimum absolute atomic E-state index is 0.129. The third-order valence-electron chi connectivity index (χ3n) is 4.67. The van der Waals surface area contributed by atoms with E-state index in [0.29, 0.717) is 24.3 Å². The number of phenols is 2. The van der Waals surface area contributed by atoms with E-state index in [9.17, 15) is 54.1 Å². The first-order valence-electron chi connectivity index (χ1n) is 8.88. The van der Waals surface area contributed by atoms with Gasteiger partial charge in [-0.2, -0.15) is 26.3 Å². The number of benzene rings is 2. The first-order valence-corrected chi connectivity index (χ1v) is 8.88. The zero-order valence-corrected chi connectivity index (χ0v) is 16.1. The molecule has 0 saturated carbocycles. The van der Waals surface area contributed by atoms with Crippen molar-refractivity contribution in [1.82, 2.24) is 0 Å². The van der Waals surface area contributed by atoms with Crippen LogP contribution in [0.5, 0.6) is 11.5 Å². The molecule has 2 rings (SSSR count). The molecule has 0 unspecified atom stereocenters. The minimum atomic E-state index is -5.26. The van der Waals surface area contributed by atoms with Gasteiger partial charge in [0.25, 0.3) is 11.8 Å². The fraction of sp³-hybridized carbons (Fsp3) is 0.400. The van der Waals surface area contributed by atoms with Crippen LogP contribution >= 0.6 is 0 Å². The highest BCUT2D eigenvalue weighted by Gasteiger charge is 2.47. The van der Waals surface area contributed by atoms with Crippen LogP contribution in [0.1, 0.15) is 47.9 Å². The van der Waals surface area contributed by atoms with Gasteiger partial charge in [0, 0.05) is 5.92 Å². The average molecular weight is 478 g/mol. The largest absolute Gasteiger partial charge is 0.507 e. The summed E-state index contributed by atoms with van der Waals surface area (Å²) in [6, 6.07) is 4.62. The zero-order valence-electron chi connectivity index (χ0n) is 16.1. The lowest BCUT2D eigenvalue weighted by molar-refractivity contribution is -0.192. The number of hydrogen-bond acceptors (Lipinski definition) is 2. The van der Waals surface area contributed by atoms with E-state index in [1.54, 1.807) is 0 Å². The maximum absolute atomic E-state index is 14.1. The molecule has 0 bridgehead atoms. The molecule has 2 aromatic carbocycles. The summed E-state index contributed by atoms with van der Waals surface area (Å²) in [5.41, 5.74) is -2.95. The van der Waals surface area contributed by atoms with Crippen molar-refractivity contribution in [3.8, 4) is 11.5 Å². The van der Waals surface area contributed by atoms with E-state index in [1.165, 1.54) is 6.92 Å². The van der Waals surface area contributed by atoms with E-state index in [1.807, 2.05) is 0 Å². The van der Waals surface area contributed by atoms with Crippen molar-refractivity contribution in [3.63, 3.8) is 0 Å². The van der Waals surface area contributed by atoms with Gasteiger partial charge < -0.3 is 10.2 Å². The van der Waals surface area contributed by atoms with Crippen molar-refractivity contribution in [3.05, 3.63) is 58.7 Å². The maximum atomic E-state index is 14.1. The van der Waals surface area contributed by atoms with Crippen molar-refractivity contribution >= 4 is 0 Å². The lowest BCUT2D eigenvalue weighted by Crippen LogP contribution is -2.24. The number of aromatic hydroxyl groups is 2. The molecule has 2 N–H and O–H groups in total. The molecule has 0 atom stereocenters. The topological polar surface area (TPSA) is 40.5 Å². The first-order chi connectivity index (χ1) is 14.3. The van der Waals surface area contributed by atoms with Gasteiger partial charge in [-0.1, -0.05) is 19.1 Å². The van der Waals surface area contributed by atoms with Gasteiger partial charge in [0.1, 0.15) is 24.3 Å². The SMILES string of the molecule is CC(c1ccc(O)c(C(F)(F)CC(F)(F)F)c1)c1ccc(O)c(C(F)(F)CC(F)(F)F)c1. The lowest BCUT2D eigenvalue weighted by Gasteiger charge is -2.23. The molecule has 0 spiro atoms. The second-order valence-corrected chi connectivity index (χ2v) is 7.27. The fourth-order valence-electron chi connectivity index (χ4n) is 3.12. The Kier molecular flexibility index (Phi) is 6.69. The molecular formula is C20H16F10O2. The standard InChI is InChI=1S/C20H16F10O2/c1-10(11-2-4-15(31)13(6-11)17(21,22)8-19(25,26)27)12-3-5-16(32)14(7-12)18(23,24)9-20(28,29)30/h2-7,10,31-32H,8-9H2,1H3. The summed E-state index contributed by atoms with van der Waals surface area (Å²) >= 11 is 0. The van der Waals surface area contributed by atoms with Crippen LogP contribution in [-0.4, -0.2) is 22.6 Å². The molecule has 2 nitrogen and oxygen atoms in total. The average Bonchev–Trinajstić information content (AvgIpc) is 2.57. The van der Waals surface area contributed by atoms with Gasteiger partial charge in [-0.15, -0.1) is 0 Å². The van der Waals surface area contributed by atoms with Gasteiger partial charge >= 0.3 is 12.4 Å². The number of phenolic OH excluding ortho intramolecular Hbond substituents is 2. The number of halogens is 10. The molecule has 0 aliphatic rings. The van der Waals surface area contributed by atoms with Crippen molar-refractivity contribution in [1.29, 1.82) is 0 Å². The Hall–Kier alpha value is -2.66. The van der Waals surface area contributed by atoms with Crippen LogP contribution in [0, 0.1) is 0 Å². The highest BCUT2D eigenvalue weighted by atomic mass is 19.4. The first kappa shape index (κ1) is 25.6. The molecule has 0 fully saturated rings. The quantitative estimate of drug-likeness (QED) is 0.427. The summed E-state index contributed by atoms with van der Waals surface area (Å²) in [6.45, 7) is 1.27. The van der Waals surface area contributed by atoms with Crippen LogP contribution in [0.15, 0.2) is 36.4 Å². The van der Waals surface area contributed by atoms with E-state index in [4.69, 9.17) is 0 Å². The summed E-state index contributed by atoms with van der Waals surface area (Å²) in [5, 5.41) is 19.3. The van der Waals surface area contributed by atoms with Crippen LogP contribution in [-0.2, 0) is 11.8 Å². The van der Waals surface area contributed by atoms with Crippen LogP contribution in [0.4, 0.5) is 43.9 Å². The molecule has 178 valence electrons. The second kappa shape index (κ2) is 8.36. The van der Waals surface area contributed by atoms with Gasteiger partial charge in [-0.3, -0.25) is 0 Å². The Bertz CT molecular complexity index is 886. The third-order valence-corrected chi connectivity index (χ3v) is 4.67. The predicted octanol–water partition coefficient (Wildman–Crippen LogP) is 7.34. The van der Waals surface area contributed by atoms with Crippen molar-refractivity contribution in [2.45, 2.75) is 49.9 Å². The van der Waals surface area contributed by atoms with E-state index in [-0.39, 0.29) is 11.1 Å². The fourth-order valence-corrected chi connectivity index (χ4v) is 3.12. The summed E-state index contributed by atoms with van der Waals surface area (Å²) in [4.78, 5) is 0. The molecule has 0 aliphatic carbocycles. The highest BCUT2D eigenvalue weighted by molar-refractivity contribution is 5.46. The molecular weight excluding hydrogens is 462 g/mol.